The first-order valence-corrected chi connectivity index (χ1v) is 7.18. The van der Waals surface area contributed by atoms with Crippen LogP contribution in [0.25, 0.3) is 0 Å². The Balaban J connectivity index is 2.03. The van der Waals surface area contributed by atoms with Gasteiger partial charge in [0, 0.05) is 25.6 Å². The van der Waals surface area contributed by atoms with Crippen LogP contribution in [0, 0.1) is 11.8 Å². The Hall–Kier alpha value is -0.610. The van der Waals surface area contributed by atoms with Crippen LogP contribution in [0.1, 0.15) is 46.0 Å². The molecule has 1 rings (SSSR count). The molecule has 0 saturated heterocycles. The van der Waals surface area contributed by atoms with Gasteiger partial charge in [0.05, 0.1) is 6.61 Å². The fourth-order valence-electron chi connectivity index (χ4n) is 2.43. The van der Waals surface area contributed by atoms with Gasteiger partial charge >= 0.3 is 0 Å². The van der Waals surface area contributed by atoms with Gasteiger partial charge in [-0.15, -0.1) is 0 Å². The highest BCUT2D eigenvalue weighted by atomic mass is 16.5. The SMILES string of the molecule is CC(C)COCCNC(=O)CC1CCCC(N)C1. The van der Waals surface area contributed by atoms with Crippen LogP contribution in [0.5, 0.6) is 0 Å². The molecule has 1 saturated carbocycles. The summed E-state index contributed by atoms with van der Waals surface area (Å²) >= 11 is 0. The van der Waals surface area contributed by atoms with E-state index >= 15 is 0 Å². The van der Waals surface area contributed by atoms with Gasteiger partial charge in [0.15, 0.2) is 0 Å². The number of carbonyl (C=O) groups excluding carboxylic acids is 1. The molecule has 4 nitrogen and oxygen atoms in total. The molecule has 0 aromatic heterocycles. The maximum atomic E-state index is 11.7. The third kappa shape index (κ3) is 6.97. The number of amides is 1. The second kappa shape index (κ2) is 8.48. The van der Waals surface area contributed by atoms with Crippen molar-refractivity contribution >= 4 is 5.91 Å². The largest absolute Gasteiger partial charge is 0.379 e. The number of hydrogen-bond donors (Lipinski definition) is 2. The van der Waals surface area contributed by atoms with E-state index in [9.17, 15) is 4.79 Å². The van der Waals surface area contributed by atoms with E-state index in [0.29, 0.717) is 37.5 Å². The molecular formula is C14H28N2O2. The summed E-state index contributed by atoms with van der Waals surface area (Å²) in [5.41, 5.74) is 5.92. The molecule has 0 aromatic rings. The number of hydrogen-bond acceptors (Lipinski definition) is 3. The van der Waals surface area contributed by atoms with Crippen LogP contribution in [0.15, 0.2) is 0 Å². The van der Waals surface area contributed by atoms with Crippen molar-refractivity contribution in [3.05, 3.63) is 0 Å². The number of nitrogens with one attached hydrogen (secondary N) is 1. The number of ether oxygens (including phenoxy) is 1. The second-order valence-corrected chi connectivity index (χ2v) is 5.82. The molecule has 2 atom stereocenters. The van der Waals surface area contributed by atoms with Gasteiger partial charge in [-0.2, -0.15) is 0 Å². The van der Waals surface area contributed by atoms with Gasteiger partial charge in [0.2, 0.25) is 5.91 Å². The Kier molecular flexibility index (Phi) is 7.28. The first kappa shape index (κ1) is 15.4. The molecule has 3 N–H and O–H groups in total. The summed E-state index contributed by atoms with van der Waals surface area (Å²) in [7, 11) is 0. The van der Waals surface area contributed by atoms with Crippen LogP contribution in [-0.2, 0) is 9.53 Å². The summed E-state index contributed by atoms with van der Waals surface area (Å²) in [5.74, 6) is 1.16. The van der Waals surface area contributed by atoms with E-state index < -0.39 is 0 Å². The van der Waals surface area contributed by atoms with E-state index in [-0.39, 0.29) is 5.91 Å². The molecule has 0 bridgehead atoms. The van der Waals surface area contributed by atoms with Crippen molar-refractivity contribution in [1.82, 2.24) is 5.32 Å². The average Bonchev–Trinajstić information content (AvgIpc) is 2.28. The second-order valence-electron chi connectivity index (χ2n) is 5.82. The van der Waals surface area contributed by atoms with E-state index in [4.69, 9.17) is 10.5 Å². The molecule has 0 aliphatic heterocycles. The summed E-state index contributed by atoms with van der Waals surface area (Å²) in [4.78, 5) is 11.7. The van der Waals surface area contributed by atoms with Crippen LogP contribution in [-0.4, -0.2) is 31.7 Å². The van der Waals surface area contributed by atoms with Crippen molar-refractivity contribution in [2.45, 2.75) is 52.0 Å². The Labute approximate surface area is 111 Å². The first-order valence-electron chi connectivity index (χ1n) is 7.18. The fourth-order valence-corrected chi connectivity index (χ4v) is 2.43. The lowest BCUT2D eigenvalue weighted by Crippen LogP contribution is -2.33. The highest BCUT2D eigenvalue weighted by Crippen LogP contribution is 2.25. The molecule has 4 heteroatoms. The van der Waals surface area contributed by atoms with Crippen molar-refractivity contribution in [3.8, 4) is 0 Å². The van der Waals surface area contributed by atoms with Gasteiger partial charge in [-0.1, -0.05) is 20.3 Å². The summed E-state index contributed by atoms with van der Waals surface area (Å²) in [6, 6.07) is 0.297. The van der Waals surface area contributed by atoms with Crippen LogP contribution < -0.4 is 11.1 Å². The molecule has 1 amide bonds. The number of rotatable bonds is 7. The van der Waals surface area contributed by atoms with Crippen molar-refractivity contribution < 1.29 is 9.53 Å². The summed E-state index contributed by atoms with van der Waals surface area (Å²) < 4.78 is 5.42. The number of nitrogens with two attached hydrogens (primary N) is 1. The smallest absolute Gasteiger partial charge is 0.220 e. The molecule has 1 aliphatic carbocycles. The van der Waals surface area contributed by atoms with E-state index in [2.05, 4.69) is 19.2 Å². The topological polar surface area (TPSA) is 64.3 Å². The highest BCUT2D eigenvalue weighted by molar-refractivity contribution is 5.76. The van der Waals surface area contributed by atoms with E-state index in [1.807, 2.05) is 0 Å². The summed E-state index contributed by atoms with van der Waals surface area (Å²) in [6.07, 6.45) is 5.04. The maximum absolute atomic E-state index is 11.7. The third-order valence-electron chi connectivity index (χ3n) is 3.32. The zero-order valence-electron chi connectivity index (χ0n) is 11.8. The highest BCUT2D eigenvalue weighted by Gasteiger charge is 2.21. The van der Waals surface area contributed by atoms with E-state index in [1.165, 1.54) is 0 Å². The van der Waals surface area contributed by atoms with E-state index in [0.717, 1.165) is 32.3 Å². The van der Waals surface area contributed by atoms with Gasteiger partial charge < -0.3 is 15.8 Å². The predicted octanol–water partition coefficient (Wildman–Crippen LogP) is 1.68. The zero-order chi connectivity index (χ0) is 13.4. The third-order valence-corrected chi connectivity index (χ3v) is 3.32. The Morgan fingerprint density at radius 3 is 2.89 bits per heavy atom. The Morgan fingerprint density at radius 2 is 2.22 bits per heavy atom. The molecule has 106 valence electrons. The molecule has 1 fully saturated rings. The van der Waals surface area contributed by atoms with Crippen molar-refractivity contribution in [2.75, 3.05) is 19.8 Å². The summed E-state index contributed by atoms with van der Waals surface area (Å²) in [5, 5.41) is 2.91. The minimum Gasteiger partial charge on any atom is -0.379 e. The normalized spacial score (nSPS) is 24.2. The Morgan fingerprint density at radius 1 is 1.44 bits per heavy atom. The number of carbonyl (C=O) groups is 1. The van der Waals surface area contributed by atoms with Gasteiger partial charge in [-0.3, -0.25) is 4.79 Å². The lowest BCUT2D eigenvalue weighted by Gasteiger charge is -2.26. The molecule has 1 aliphatic rings. The van der Waals surface area contributed by atoms with Crippen molar-refractivity contribution in [3.63, 3.8) is 0 Å². The van der Waals surface area contributed by atoms with Gasteiger partial charge in [0.25, 0.3) is 0 Å². The Bertz CT molecular complexity index is 244. The van der Waals surface area contributed by atoms with Crippen molar-refractivity contribution in [1.29, 1.82) is 0 Å². The molecule has 0 radical (unpaired) electrons. The standard InChI is InChI=1S/C14H28N2O2/c1-11(2)10-18-7-6-16-14(17)9-12-4-3-5-13(15)8-12/h11-13H,3-10,15H2,1-2H3,(H,16,17). The molecule has 0 aromatic carbocycles. The minimum atomic E-state index is 0.141. The quantitative estimate of drug-likeness (QED) is 0.681. The molecule has 18 heavy (non-hydrogen) atoms. The van der Waals surface area contributed by atoms with Crippen LogP contribution in [0.4, 0.5) is 0 Å². The van der Waals surface area contributed by atoms with Gasteiger partial charge in [-0.25, -0.2) is 0 Å². The summed E-state index contributed by atoms with van der Waals surface area (Å²) in [6.45, 7) is 6.21. The van der Waals surface area contributed by atoms with Crippen LogP contribution in [0.2, 0.25) is 0 Å². The van der Waals surface area contributed by atoms with Gasteiger partial charge in [-0.05, 0) is 31.1 Å². The lowest BCUT2D eigenvalue weighted by atomic mass is 9.84. The molecule has 2 unspecified atom stereocenters. The van der Waals surface area contributed by atoms with E-state index in [1.54, 1.807) is 0 Å². The molecule has 0 heterocycles. The monoisotopic (exact) mass is 256 g/mol. The maximum Gasteiger partial charge on any atom is 0.220 e. The zero-order valence-corrected chi connectivity index (χ0v) is 11.8. The van der Waals surface area contributed by atoms with Crippen LogP contribution in [0.3, 0.4) is 0 Å². The van der Waals surface area contributed by atoms with Crippen LogP contribution >= 0.6 is 0 Å². The van der Waals surface area contributed by atoms with Gasteiger partial charge in [0.1, 0.15) is 0 Å². The predicted molar refractivity (Wildman–Crippen MR) is 73.2 cm³/mol. The average molecular weight is 256 g/mol. The molecule has 0 spiro atoms. The first-order chi connectivity index (χ1) is 8.58. The lowest BCUT2D eigenvalue weighted by molar-refractivity contribution is -0.122. The van der Waals surface area contributed by atoms with Crippen molar-refractivity contribution in [2.24, 2.45) is 17.6 Å². The molecular weight excluding hydrogens is 228 g/mol. The minimum absolute atomic E-state index is 0.141. The fraction of sp³-hybridized carbons (Fsp3) is 0.929.